The number of hydrogen-bond donors (Lipinski definition) is 0. The number of carbonyl (C=O) groups is 2. The number of carbonyl (C=O) groups excluding carboxylic acids is 2. The summed E-state index contributed by atoms with van der Waals surface area (Å²) in [6, 6.07) is -0.516. The molecule has 2 fully saturated rings. The fourth-order valence-corrected chi connectivity index (χ4v) is 2.71. The van der Waals surface area contributed by atoms with Crippen molar-refractivity contribution < 1.29 is 19.1 Å². The van der Waals surface area contributed by atoms with Crippen molar-refractivity contribution in [3.05, 3.63) is 0 Å². The second kappa shape index (κ2) is 4.53. The van der Waals surface area contributed by atoms with E-state index in [-0.39, 0.29) is 6.61 Å². The molecule has 1 heterocycles. The van der Waals surface area contributed by atoms with Gasteiger partial charge in [0.2, 0.25) is 0 Å². The average molecular weight is 255 g/mol. The summed E-state index contributed by atoms with van der Waals surface area (Å²) in [5, 5.41) is 0. The first-order valence-electron chi connectivity index (χ1n) is 6.49. The van der Waals surface area contributed by atoms with Gasteiger partial charge < -0.3 is 14.3 Å². The predicted octanol–water partition coefficient (Wildman–Crippen LogP) is 2.09. The van der Waals surface area contributed by atoms with Gasteiger partial charge in [-0.1, -0.05) is 0 Å². The normalized spacial score (nSPS) is 26.6. The molecule has 0 N–H and O–H groups in total. The summed E-state index contributed by atoms with van der Waals surface area (Å²) in [6.45, 7) is 5.74. The van der Waals surface area contributed by atoms with Crippen molar-refractivity contribution in [2.75, 3.05) is 6.61 Å². The maximum atomic E-state index is 12.3. The molecule has 0 bridgehead atoms. The van der Waals surface area contributed by atoms with Crippen LogP contribution in [-0.2, 0) is 14.3 Å². The van der Waals surface area contributed by atoms with Crippen molar-refractivity contribution in [1.82, 2.24) is 4.90 Å². The van der Waals surface area contributed by atoms with E-state index in [0.717, 1.165) is 32.0 Å². The molecule has 1 aliphatic carbocycles. The maximum Gasteiger partial charge on any atom is 0.413 e. The highest BCUT2D eigenvalue weighted by molar-refractivity contribution is 5.75. The van der Waals surface area contributed by atoms with Crippen molar-refractivity contribution in [3.63, 3.8) is 0 Å². The minimum atomic E-state index is -0.603. The summed E-state index contributed by atoms with van der Waals surface area (Å²) in [4.78, 5) is 24.9. The molecular weight excluding hydrogens is 234 g/mol. The molecule has 0 aromatic rings. The number of amides is 1. The molecule has 5 heteroatoms. The van der Waals surface area contributed by atoms with Gasteiger partial charge in [0, 0.05) is 0 Å². The highest BCUT2D eigenvalue weighted by Crippen LogP contribution is 2.42. The number of rotatable bonds is 1. The Bertz CT molecular complexity index is 341. The van der Waals surface area contributed by atoms with E-state index < -0.39 is 23.5 Å². The molecule has 5 nitrogen and oxygen atoms in total. The van der Waals surface area contributed by atoms with Gasteiger partial charge in [0.25, 0.3) is 0 Å². The Labute approximate surface area is 107 Å². The van der Waals surface area contributed by atoms with E-state index in [1.807, 2.05) is 20.8 Å². The average Bonchev–Trinajstić information content (AvgIpc) is 2.84. The van der Waals surface area contributed by atoms with E-state index in [1.165, 1.54) is 4.90 Å². The Balaban J connectivity index is 2.19. The second-order valence-corrected chi connectivity index (χ2v) is 6.02. The van der Waals surface area contributed by atoms with Crippen molar-refractivity contribution in [2.45, 2.75) is 63.8 Å². The fourth-order valence-electron chi connectivity index (χ4n) is 2.71. The van der Waals surface area contributed by atoms with E-state index in [1.54, 1.807) is 0 Å². The molecule has 0 unspecified atom stereocenters. The molecular formula is C13H21NO4. The van der Waals surface area contributed by atoms with E-state index in [2.05, 4.69) is 0 Å². The molecule has 1 amide bonds. The van der Waals surface area contributed by atoms with Gasteiger partial charge in [-0.2, -0.15) is 0 Å². The van der Waals surface area contributed by atoms with Crippen LogP contribution in [0.1, 0.15) is 46.5 Å². The number of ether oxygens (including phenoxy) is 2. The third-order valence-electron chi connectivity index (χ3n) is 3.43. The van der Waals surface area contributed by atoms with Gasteiger partial charge in [0.05, 0.1) is 6.61 Å². The van der Waals surface area contributed by atoms with Crippen LogP contribution < -0.4 is 0 Å². The van der Waals surface area contributed by atoms with Crippen molar-refractivity contribution in [3.8, 4) is 0 Å². The monoisotopic (exact) mass is 255 g/mol. The third-order valence-corrected chi connectivity index (χ3v) is 3.43. The molecule has 0 aromatic heterocycles. The van der Waals surface area contributed by atoms with Gasteiger partial charge in [0.1, 0.15) is 23.7 Å². The van der Waals surface area contributed by atoms with Gasteiger partial charge in [-0.25, -0.2) is 4.79 Å². The van der Waals surface area contributed by atoms with Crippen LogP contribution >= 0.6 is 0 Å². The first-order chi connectivity index (χ1) is 8.38. The second-order valence-electron chi connectivity index (χ2n) is 6.02. The van der Waals surface area contributed by atoms with Crippen molar-refractivity contribution in [2.24, 2.45) is 0 Å². The van der Waals surface area contributed by atoms with Crippen molar-refractivity contribution in [1.29, 1.82) is 0 Å². The van der Waals surface area contributed by atoms with E-state index in [9.17, 15) is 9.59 Å². The van der Waals surface area contributed by atoms with E-state index in [4.69, 9.17) is 9.47 Å². The predicted molar refractivity (Wildman–Crippen MR) is 65.1 cm³/mol. The Morgan fingerprint density at radius 3 is 2.50 bits per heavy atom. The van der Waals surface area contributed by atoms with Crippen LogP contribution in [0.5, 0.6) is 0 Å². The minimum absolute atomic E-state index is 0.280. The van der Waals surface area contributed by atoms with E-state index in [0.29, 0.717) is 0 Å². The lowest BCUT2D eigenvalue weighted by Crippen LogP contribution is -2.52. The van der Waals surface area contributed by atoms with Crippen LogP contribution in [0.3, 0.4) is 0 Å². The zero-order chi connectivity index (χ0) is 13.4. The molecule has 1 aliphatic heterocycles. The highest BCUT2D eigenvalue weighted by Gasteiger charge is 2.52. The van der Waals surface area contributed by atoms with Gasteiger partial charge in [-0.05, 0) is 46.5 Å². The van der Waals surface area contributed by atoms with Gasteiger partial charge in [-0.15, -0.1) is 0 Å². The van der Waals surface area contributed by atoms with Crippen LogP contribution in [0.15, 0.2) is 0 Å². The SMILES string of the molecule is CC(C)(C)OC(=O)N1[C@@H](C=O)COC12CCCC2. The van der Waals surface area contributed by atoms with Gasteiger partial charge in [0.15, 0.2) is 0 Å². The van der Waals surface area contributed by atoms with Crippen LogP contribution in [0, 0.1) is 0 Å². The molecule has 2 aliphatic rings. The molecule has 102 valence electrons. The Morgan fingerprint density at radius 2 is 2.00 bits per heavy atom. The van der Waals surface area contributed by atoms with Gasteiger partial charge in [-0.3, -0.25) is 4.90 Å². The fraction of sp³-hybridized carbons (Fsp3) is 0.846. The standard InChI is InChI=1S/C13H21NO4/c1-12(2,3)18-11(16)14-10(8-15)9-17-13(14)6-4-5-7-13/h8,10H,4-7,9H2,1-3H3/t10-/m0/s1. The molecule has 2 rings (SSSR count). The van der Waals surface area contributed by atoms with Gasteiger partial charge >= 0.3 is 6.09 Å². The summed E-state index contributed by atoms with van der Waals surface area (Å²) in [7, 11) is 0. The lowest BCUT2D eigenvalue weighted by Gasteiger charge is -2.36. The first-order valence-corrected chi connectivity index (χ1v) is 6.49. The summed E-state index contributed by atoms with van der Waals surface area (Å²) in [6.07, 6.45) is 3.94. The lowest BCUT2D eigenvalue weighted by molar-refractivity contribution is -0.114. The minimum Gasteiger partial charge on any atom is -0.444 e. The van der Waals surface area contributed by atoms with Crippen LogP contribution in [0.25, 0.3) is 0 Å². The highest BCUT2D eigenvalue weighted by atomic mass is 16.6. The zero-order valence-corrected chi connectivity index (χ0v) is 11.3. The Kier molecular flexibility index (Phi) is 3.36. The molecule has 1 saturated carbocycles. The molecule has 18 heavy (non-hydrogen) atoms. The first kappa shape index (κ1) is 13.3. The molecule has 1 atom stereocenters. The zero-order valence-electron chi connectivity index (χ0n) is 11.3. The molecule has 0 aromatic carbocycles. The largest absolute Gasteiger partial charge is 0.444 e. The number of nitrogens with zero attached hydrogens (tertiary/aromatic N) is 1. The van der Waals surface area contributed by atoms with Crippen LogP contribution in [0.2, 0.25) is 0 Å². The summed E-state index contributed by atoms with van der Waals surface area (Å²) < 4.78 is 11.1. The molecule has 1 saturated heterocycles. The molecule has 0 radical (unpaired) electrons. The third kappa shape index (κ3) is 2.36. The topological polar surface area (TPSA) is 55.8 Å². The smallest absolute Gasteiger partial charge is 0.413 e. The summed E-state index contributed by atoms with van der Waals surface area (Å²) >= 11 is 0. The molecule has 1 spiro atoms. The summed E-state index contributed by atoms with van der Waals surface area (Å²) in [5.74, 6) is 0. The number of hydrogen-bond acceptors (Lipinski definition) is 4. The number of aldehydes is 1. The Morgan fingerprint density at radius 1 is 1.39 bits per heavy atom. The van der Waals surface area contributed by atoms with E-state index >= 15 is 0 Å². The lowest BCUT2D eigenvalue weighted by atomic mass is 10.1. The van der Waals surface area contributed by atoms with Crippen molar-refractivity contribution >= 4 is 12.4 Å². The Hall–Kier alpha value is -1.10. The maximum absolute atomic E-state index is 12.3. The summed E-state index contributed by atoms with van der Waals surface area (Å²) in [5.41, 5.74) is -1.17. The quantitative estimate of drug-likeness (QED) is 0.673. The van der Waals surface area contributed by atoms with Crippen LogP contribution in [0.4, 0.5) is 4.79 Å². The van der Waals surface area contributed by atoms with Crippen LogP contribution in [-0.4, -0.2) is 41.3 Å².